The first kappa shape index (κ1) is 15.8. The second-order valence-corrected chi connectivity index (χ2v) is 8.21. The van der Waals surface area contributed by atoms with Crippen molar-refractivity contribution in [3.63, 3.8) is 0 Å². The van der Waals surface area contributed by atoms with E-state index in [0.29, 0.717) is 19.7 Å². The van der Waals surface area contributed by atoms with Crippen LogP contribution in [0.15, 0.2) is 22.7 Å². The highest BCUT2D eigenvalue weighted by Gasteiger charge is 2.26. The molecule has 0 N–H and O–H groups in total. The average Bonchev–Trinajstić information content (AvgIpc) is 2.37. The van der Waals surface area contributed by atoms with Gasteiger partial charge in [-0.15, -0.1) is 0 Å². The van der Waals surface area contributed by atoms with E-state index < -0.39 is 10.0 Å². The molecule has 1 aromatic rings. The lowest BCUT2D eigenvalue weighted by Crippen LogP contribution is -2.40. The lowest BCUT2D eigenvalue weighted by atomic mass is 10.0. The molecule has 1 saturated heterocycles. The molecule has 0 amide bonds. The third-order valence-electron chi connectivity index (χ3n) is 3.51. The fourth-order valence-electron chi connectivity index (χ4n) is 2.39. The van der Waals surface area contributed by atoms with E-state index in [-0.39, 0.29) is 5.92 Å². The molecule has 1 atom stereocenters. The van der Waals surface area contributed by atoms with Crippen molar-refractivity contribution in [2.24, 2.45) is 5.92 Å². The zero-order valence-corrected chi connectivity index (χ0v) is 14.2. The second kappa shape index (κ2) is 6.45. The summed E-state index contributed by atoms with van der Waals surface area (Å²) < 4.78 is 31.5. The lowest BCUT2D eigenvalue weighted by Gasteiger charge is -2.30. The minimum absolute atomic E-state index is 0.256. The van der Waals surface area contributed by atoms with Gasteiger partial charge in [-0.25, -0.2) is 12.7 Å². The van der Waals surface area contributed by atoms with Crippen LogP contribution in [-0.4, -0.2) is 38.7 Å². The highest BCUT2D eigenvalue weighted by molar-refractivity contribution is 9.10. The van der Waals surface area contributed by atoms with Crippen LogP contribution in [0.25, 0.3) is 0 Å². The van der Waals surface area contributed by atoms with Gasteiger partial charge in [0, 0.05) is 19.0 Å². The third-order valence-corrected chi connectivity index (χ3v) is 5.40. The summed E-state index contributed by atoms with van der Waals surface area (Å²) in [5, 5.41) is 0. The predicted octanol–water partition coefficient (Wildman–Crippen LogP) is 2.81. The van der Waals surface area contributed by atoms with Crippen LogP contribution in [0.3, 0.4) is 0 Å². The molecule has 0 bridgehead atoms. The summed E-state index contributed by atoms with van der Waals surface area (Å²) in [4.78, 5) is 0. The van der Waals surface area contributed by atoms with Crippen LogP contribution in [0.4, 0.5) is 0 Å². The molecule has 1 aliphatic heterocycles. The Morgan fingerprint density at radius 3 is 2.85 bits per heavy atom. The molecule has 6 heteroatoms. The molecule has 1 aliphatic rings. The first-order valence-corrected chi connectivity index (χ1v) is 9.34. The first-order chi connectivity index (χ1) is 9.36. The van der Waals surface area contributed by atoms with E-state index in [1.54, 1.807) is 4.31 Å². The Labute approximate surface area is 129 Å². The standard InChI is InChI=1S/C14H20BrNO3S/c1-11-5-6-14(13(15)8-11)19-10-12-4-3-7-16(9-12)20(2,17)18/h5-6,8,12H,3-4,7,9-10H2,1-2H3. The number of sulfonamides is 1. The number of benzene rings is 1. The Kier molecular flexibility index (Phi) is 5.09. The molecule has 0 aromatic heterocycles. The first-order valence-electron chi connectivity index (χ1n) is 6.70. The van der Waals surface area contributed by atoms with Gasteiger partial charge >= 0.3 is 0 Å². The van der Waals surface area contributed by atoms with Gasteiger partial charge in [0.1, 0.15) is 5.75 Å². The van der Waals surface area contributed by atoms with Crippen LogP contribution in [0.2, 0.25) is 0 Å². The Balaban J connectivity index is 1.94. The molecule has 0 saturated carbocycles. The Hall–Kier alpha value is -0.590. The summed E-state index contributed by atoms with van der Waals surface area (Å²) in [5.74, 6) is 1.07. The lowest BCUT2D eigenvalue weighted by molar-refractivity contribution is 0.180. The molecule has 0 aliphatic carbocycles. The van der Waals surface area contributed by atoms with E-state index >= 15 is 0 Å². The normalized spacial score (nSPS) is 20.9. The Morgan fingerprint density at radius 2 is 2.20 bits per heavy atom. The molecule has 0 radical (unpaired) electrons. The van der Waals surface area contributed by atoms with Gasteiger partial charge in [0.2, 0.25) is 10.0 Å². The summed E-state index contributed by atoms with van der Waals surface area (Å²) in [5.41, 5.74) is 1.17. The quantitative estimate of drug-likeness (QED) is 0.828. The second-order valence-electron chi connectivity index (χ2n) is 5.37. The van der Waals surface area contributed by atoms with E-state index in [2.05, 4.69) is 15.9 Å². The van der Waals surface area contributed by atoms with Crippen molar-refractivity contribution < 1.29 is 13.2 Å². The maximum atomic E-state index is 11.6. The van der Waals surface area contributed by atoms with E-state index in [4.69, 9.17) is 4.74 Å². The molecule has 112 valence electrons. The van der Waals surface area contributed by atoms with Crippen LogP contribution >= 0.6 is 15.9 Å². The average molecular weight is 362 g/mol. The molecular weight excluding hydrogens is 342 g/mol. The fourth-order valence-corrected chi connectivity index (χ4v) is 3.94. The number of hydrogen-bond donors (Lipinski definition) is 0. The van der Waals surface area contributed by atoms with E-state index in [9.17, 15) is 8.42 Å². The number of aryl methyl sites for hydroxylation is 1. The van der Waals surface area contributed by atoms with Gasteiger partial charge in [-0.1, -0.05) is 6.07 Å². The molecule has 1 aromatic carbocycles. The largest absolute Gasteiger partial charge is 0.492 e. The fraction of sp³-hybridized carbons (Fsp3) is 0.571. The van der Waals surface area contributed by atoms with Crippen molar-refractivity contribution >= 4 is 26.0 Å². The van der Waals surface area contributed by atoms with Crippen LogP contribution in [-0.2, 0) is 10.0 Å². The predicted molar refractivity (Wildman–Crippen MR) is 83.5 cm³/mol. The molecule has 20 heavy (non-hydrogen) atoms. The molecule has 1 fully saturated rings. The van der Waals surface area contributed by atoms with Crippen LogP contribution < -0.4 is 4.74 Å². The van der Waals surface area contributed by atoms with E-state index in [0.717, 1.165) is 23.1 Å². The van der Waals surface area contributed by atoms with Gasteiger partial charge < -0.3 is 4.74 Å². The van der Waals surface area contributed by atoms with Gasteiger partial charge in [-0.3, -0.25) is 0 Å². The maximum Gasteiger partial charge on any atom is 0.211 e. The Bertz CT molecular complexity index is 574. The monoisotopic (exact) mass is 361 g/mol. The van der Waals surface area contributed by atoms with Gasteiger partial charge in [-0.05, 0) is 53.4 Å². The summed E-state index contributed by atoms with van der Waals surface area (Å²) in [6, 6.07) is 5.96. The smallest absolute Gasteiger partial charge is 0.211 e. The summed E-state index contributed by atoms with van der Waals surface area (Å²) in [6.45, 7) is 3.76. The molecule has 4 nitrogen and oxygen atoms in total. The molecule has 2 rings (SSSR count). The van der Waals surface area contributed by atoms with Crippen molar-refractivity contribution in [2.45, 2.75) is 19.8 Å². The van der Waals surface area contributed by atoms with Crippen molar-refractivity contribution in [3.8, 4) is 5.75 Å². The molecule has 0 spiro atoms. The number of nitrogens with zero attached hydrogens (tertiary/aromatic N) is 1. The SMILES string of the molecule is Cc1ccc(OCC2CCCN(S(C)(=O)=O)C2)c(Br)c1. The van der Waals surface area contributed by atoms with E-state index in [1.807, 2.05) is 25.1 Å². The van der Waals surface area contributed by atoms with Crippen molar-refractivity contribution in [3.05, 3.63) is 28.2 Å². The molecule has 1 heterocycles. The third kappa shape index (κ3) is 4.20. The van der Waals surface area contributed by atoms with Crippen LogP contribution in [0, 0.1) is 12.8 Å². The zero-order chi connectivity index (χ0) is 14.8. The van der Waals surface area contributed by atoms with Crippen molar-refractivity contribution in [2.75, 3.05) is 26.0 Å². The van der Waals surface area contributed by atoms with Gasteiger partial charge in [0.15, 0.2) is 0 Å². The highest BCUT2D eigenvalue weighted by atomic mass is 79.9. The van der Waals surface area contributed by atoms with Crippen molar-refractivity contribution in [1.29, 1.82) is 0 Å². The molecule has 1 unspecified atom stereocenters. The number of halogens is 1. The number of hydrogen-bond acceptors (Lipinski definition) is 3. The summed E-state index contributed by atoms with van der Waals surface area (Å²) in [7, 11) is -3.09. The Morgan fingerprint density at radius 1 is 1.45 bits per heavy atom. The van der Waals surface area contributed by atoms with Crippen molar-refractivity contribution in [1.82, 2.24) is 4.31 Å². The van der Waals surface area contributed by atoms with Gasteiger partial charge in [0.25, 0.3) is 0 Å². The maximum absolute atomic E-state index is 11.6. The van der Waals surface area contributed by atoms with E-state index in [1.165, 1.54) is 11.8 Å². The summed E-state index contributed by atoms with van der Waals surface area (Å²) in [6.07, 6.45) is 3.18. The minimum Gasteiger partial charge on any atom is -0.492 e. The number of piperidine rings is 1. The number of rotatable bonds is 4. The zero-order valence-electron chi connectivity index (χ0n) is 11.8. The number of ether oxygens (including phenoxy) is 1. The van der Waals surface area contributed by atoms with Crippen LogP contribution in [0.1, 0.15) is 18.4 Å². The van der Waals surface area contributed by atoms with Crippen LogP contribution in [0.5, 0.6) is 5.75 Å². The molecular formula is C14H20BrNO3S. The van der Waals surface area contributed by atoms with Gasteiger partial charge in [-0.2, -0.15) is 0 Å². The highest BCUT2D eigenvalue weighted by Crippen LogP contribution is 2.27. The topological polar surface area (TPSA) is 46.6 Å². The summed E-state index contributed by atoms with van der Waals surface area (Å²) >= 11 is 3.48. The minimum atomic E-state index is -3.09. The van der Waals surface area contributed by atoms with Gasteiger partial charge in [0.05, 0.1) is 17.3 Å².